The first-order valence-corrected chi connectivity index (χ1v) is 10.6. The molecule has 0 heterocycles. The Morgan fingerprint density at radius 1 is 1.19 bits per heavy atom. The number of anilines is 1. The fourth-order valence-electron chi connectivity index (χ4n) is 2.03. The molecule has 0 spiro atoms. The van der Waals surface area contributed by atoms with Gasteiger partial charge in [-0.15, -0.1) is 0 Å². The third-order valence-electron chi connectivity index (χ3n) is 3.27. The molecule has 2 atom stereocenters. The van der Waals surface area contributed by atoms with Gasteiger partial charge in [-0.3, -0.25) is 4.84 Å². The molecule has 10 heteroatoms. The van der Waals surface area contributed by atoms with E-state index in [1.54, 1.807) is 6.07 Å². The van der Waals surface area contributed by atoms with E-state index in [1.807, 2.05) is 30.3 Å². The van der Waals surface area contributed by atoms with Crippen LogP contribution in [-0.2, 0) is 25.3 Å². The molecule has 0 amide bonds. The van der Waals surface area contributed by atoms with Gasteiger partial charge in [-0.05, 0) is 30.7 Å². The Morgan fingerprint density at radius 3 is 2.42 bits per heavy atom. The summed E-state index contributed by atoms with van der Waals surface area (Å²) in [6.45, 7) is -2.94. The maximum Gasteiger partial charge on any atom is 0.476 e. The van der Waals surface area contributed by atoms with Crippen LogP contribution < -0.4 is 5.06 Å². The number of benzene rings is 2. The number of halogens is 3. The second-order valence-electron chi connectivity index (χ2n) is 5.22. The molecule has 0 aliphatic rings. The van der Waals surface area contributed by atoms with Gasteiger partial charge >= 0.3 is 12.9 Å². The molecule has 1 unspecified atom stereocenters. The Kier molecular flexibility index (Phi) is 7.35. The highest BCUT2D eigenvalue weighted by Gasteiger charge is 2.30. The number of carbonyl (C=O) groups is 1. The zero-order valence-electron chi connectivity index (χ0n) is 13.5. The molecule has 0 bridgehead atoms. The molecule has 140 valence electrons. The average Bonchev–Trinajstić information content (AvgIpc) is 2.57. The molecule has 2 rings (SSSR count). The van der Waals surface area contributed by atoms with Crippen LogP contribution in [0, 0.1) is 0 Å². The normalized spacial score (nSPS) is 14.3. The molecule has 0 radical (unpaired) electrons. The van der Waals surface area contributed by atoms with Gasteiger partial charge in [0.25, 0.3) is 0 Å². The van der Waals surface area contributed by atoms with E-state index in [9.17, 15) is 9.36 Å². The van der Waals surface area contributed by atoms with E-state index in [-0.39, 0.29) is 11.6 Å². The van der Waals surface area contributed by atoms with Gasteiger partial charge in [0.1, 0.15) is 0 Å². The van der Waals surface area contributed by atoms with E-state index in [0.717, 1.165) is 5.56 Å². The molecule has 0 fully saturated rings. The number of nitrogens with zero attached hydrogens (tertiary/aromatic N) is 1. The highest BCUT2D eigenvalue weighted by Crippen LogP contribution is 2.48. The summed E-state index contributed by atoms with van der Waals surface area (Å²) in [6, 6.07) is 12.8. The van der Waals surface area contributed by atoms with Crippen LogP contribution in [0.4, 0.5) is 5.69 Å². The van der Waals surface area contributed by atoms with Crippen LogP contribution in [0.5, 0.6) is 0 Å². The predicted octanol–water partition coefficient (Wildman–Crippen LogP) is 5.20. The minimum absolute atomic E-state index is 0.135. The van der Waals surface area contributed by atoms with Crippen molar-refractivity contribution in [2.75, 3.05) is 5.06 Å². The van der Waals surface area contributed by atoms with Crippen LogP contribution in [0.3, 0.4) is 0 Å². The maximum atomic E-state index is 12.1. The largest absolute Gasteiger partial charge is 0.476 e. The van der Waals surface area contributed by atoms with Gasteiger partial charge in [-0.1, -0.05) is 53.5 Å². The molecule has 1 N–H and O–H groups in total. The summed E-state index contributed by atoms with van der Waals surface area (Å²) in [7, 11) is 0. The summed E-state index contributed by atoms with van der Waals surface area (Å²) in [5, 5.41) is 1.79. The van der Waals surface area contributed by atoms with Crippen LogP contribution in [0.15, 0.2) is 48.5 Å². The summed E-state index contributed by atoms with van der Waals surface area (Å²) in [5.74, 6) is -1.04. The van der Waals surface area contributed by atoms with Crippen molar-refractivity contribution >= 4 is 53.0 Å². The van der Waals surface area contributed by atoms with Crippen molar-refractivity contribution < 1.29 is 23.6 Å². The molecule has 6 nitrogen and oxygen atoms in total. The minimum Gasteiger partial charge on any atom is -0.379 e. The lowest BCUT2D eigenvalue weighted by Gasteiger charge is -2.29. The van der Waals surface area contributed by atoms with Crippen molar-refractivity contribution in [3.05, 3.63) is 64.1 Å². The van der Waals surface area contributed by atoms with E-state index in [4.69, 9.17) is 44.2 Å². The van der Waals surface area contributed by atoms with Crippen LogP contribution in [0.25, 0.3) is 0 Å². The summed E-state index contributed by atoms with van der Waals surface area (Å²) in [4.78, 5) is 26.9. The molecule has 0 saturated heterocycles. The van der Waals surface area contributed by atoms with Crippen LogP contribution in [0.2, 0.25) is 10.0 Å². The zero-order valence-corrected chi connectivity index (χ0v) is 16.7. The number of hydroxylamine groups is 1. The molecule has 0 saturated carbocycles. The number of hydrogen-bond donors (Lipinski definition) is 1. The Hall–Kier alpha value is -1.27. The summed E-state index contributed by atoms with van der Waals surface area (Å²) in [6.07, 6.45) is 0. The SMILES string of the molecule is C[C@H](C(=O)OP(=O)(O)Cl)N(OCc1ccccc1)c1ccc(Cl)c(Cl)c1. The van der Waals surface area contributed by atoms with E-state index < -0.39 is 19.0 Å². The van der Waals surface area contributed by atoms with Gasteiger partial charge in [-0.25, -0.2) is 14.4 Å². The number of carbonyl (C=O) groups excluding carboxylic acids is 1. The molecular formula is C16H15Cl3NO5P. The van der Waals surface area contributed by atoms with E-state index in [2.05, 4.69) is 4.52 Å². The Balaban J connectivity index is 2.26. The van der Waals surface area contributed by atoms with Gasteiger partial charge < -0.3 is 9.42 Å². The van der Waals surface area contributed by atoms with Crippen LogP contribution >= 0.6 is 41.4 Å². The molecule has 2 aromatic carbocycles. The predicted molar refractivity (Wildman–Crippen MR) is 101 cm³/mol. The molecule has 0 aliphatic carbocycles. The van der Waals surface area contributed by atoms with Crippen molar-refractivity contribution in [2.45, 2.75) is 19.6 Å². The van der Waals surface area contributed by atoms with Gasteiger partial charge in [0.15, 0.2) is 6.04 Å². The number of hydrogen-bond acceptors (Lipinski definition) is 5. The topological polar surface area (TPSA) is 76.1 Å². The third-order valence-corrected chi connectivity index (χ3v) is 4.62. The highest BCUT2D eigenvalue weighted by atomic mass is 35.7. The first-order valence-electron chi connectivity index (χ1n) is 7.34. The van der Waals surface area contributed by atoms with Crippen molar-refractivity contribution in [1.29, 1.82) is 0 Å². The second-order valence-corrected chi connectivity index (χ2v) is 8.40. The van der Waals surface area contributed by atoms with Crippen molar-refractivity contribution in [3.63, 3.8) is 0 Å². The average molecular weight is 439 g/mol. The Labute approximate surface area is 165 Å². The molecule has 0 aromatic heterocycles. The van der Waals surface area contributed by atoms with Gasteiger partial charge in [0.05, 0.1) is 22.3 Å². The van der Waals surface area contributed by atoms with E-state index >= 15 is 0 Å². The minimum atomic E-state index is -4.51. The summed E-state index contributed by atoms with van der Waals surface area (Å²) < 4.78 is 15.5. The van der Waals surface area contributed by atoms with Gasteiger partial charge in [0, 0.05) is 11.2 Å². The Morgan fingerprint density at radius 2 is 1.85 bits per heavy atom. The quantitative estimate of drug-likeness (QED) is 0.473. The Bertz CT molecular complexity index is 815. The van der Waals surface area contributed by atoms with Crippen molar-refractivity contribution in [3.8, 4) is 0 Å². The highest BCUT2D eigenvalue weighted by molar-refractivity contribution is 7.80. The maximum absolute atomic E-state index is 12.1. The van der Waals surface area contributed by atoms with Crippen LogP contribution in [-0.4, -0.2) is 16.9 Å². The van der Waals surface area contributed by atoms with Crippen molar-refractivity contribution in [1.82, 2.24) is 0 Å². The molecule has 0 aliphatic heterocycles. The summed E-state index contributed by atoms with van der Waals surface area (Å²) in [5.41, 5.74) is 1.26. The molecule has 26 heavy (non-hydrogen) atoms. The smallest absolute Gasteiger partial charge is 0.379 e. The first kappa shape index (κ1) is 21.0. The lowest BCUT2D eigenvalue weighted by molar-refractivity contribution is -0.138. The number of rotatable bonds is 7. The van der Waals surface area contributed by atoms with E-state index in [0.29, 0.717) is 10.7 Å². The second kappa shape index (κ2) is 9.09. The van der Waals surface area contributed by atoms with Gasteiger partial charge in [-0.2, -0.15) is 0 Å². The van der Waals surface area contributed by atoms with Crippen molar-refractivity contribution in [2.24, 2.45) is 0 Å². The zero-order chi connectivity index (χ0) is 19.3. The van der Waals surface area contributed by atoms with Gasteiger partial charge in [0.2, 0.25) is 0 Å². The molecule has 2 aromatic rings. The standard InChI is InChI=1S/C16H15Cl3NO5P/c1-11(16(21)25-26(19,22)23)20(13-7-8-14(17)15(18)9-13)24-10-12-5-3-2-4-6-12/h2-9,11H,10H2,1H3,(H,22,23)/t11-/m1/s1. The van der Waals surface area contributed by atoms with Crippen LogP contribution in [0.1, 0.15) is 12.5 Å². The lowest BCUT2D eigenvalue weighted by Crippen LogP contribution is -2.39. The summed E-state index contributed by atoms with van der Waals surface area (Å²) >= 11 is 17.1. The fourth-order valence-corrected chi connectivity index (χ4v) is 2.90. The first-order chi connectivity index (χ1) is 12.2. The fraction of sp³-hybridized carbons (Fsp3) is 0.188. The third kappa shape index (κ3) is 6.16. The van der Waals surface area contributed by atoms with E-state index in [1.165, 1.54) is 24.1 Å². The lowest BCUT2D eigenvalue weighted by atomic mass is 10.2. The molecular weight excluding hydrogens is 424 g/mol. The monoisotopic (exact) mass is 437 g/mol.